The summed E-state index contributed by atoms with van der Waals surface area (Å²) in [4.78, 5) is 10.8. The molecule has 0 radical (unpaired) electrons. The van der Waals surface area contributed by atoms with E-state index in [0.29, 0.717) is 12.3 Å². The van der Waals surface area contributed by atoms with Gasteiger partial charge in [0.25, 0.3) is 10.0 Å². The van der Waals surface area contributed by atoms with E-state index >= 15 is 0 Å². The minimum absolute atomic E-state index is 0.154. The maximum Gasteiger partial charge on any atom is 0.270 e. The van der Waals surface area contributed by atoms with Gasteiger partial charge in [0.1, 0.15) is 0 Å². The predicted molar refractivity (Wildman–Crippen MR) is 74.0 cm³/mol. The largest absolute Gasteiger partial charge is 0.301 e. The first-order valence-electron chi connectivity index (χ1n) is 5.54. The van der Waals surface area contributed by atoms with Crippen molar-refractivity contribution in [2.75, 3.05) is 11.2 Å². The van der Waals surface area contributed by atoms with Crippen LogP contribution in [0, 0.1) is 0 Å². The first-order valence-corrected chi connectivity index (χ1v) is 8.38. The van der Waals surface area contributed by atoms with Gasteiger partial charge < -0.3 is 5.32 Å². The molecule has 0 bridgehead atoms. The van der Waals surface area contributed by atoms with E-state index in [-0.39, 0.29) is 21.4 Å². The van der Waals surface area contributed by atoms with Crippen molar-refractivity contribution in [1.29, 1.82) is 0 Å². The van der Waals surface area contributed by atoms with Crippen molar-refractivity contribution in [1.82, 2.24) is 14.9 Å². The van der Waals surface area contributed by atoms with Gasteiger partial charge in [-0.1, -0.05) is 11.3 Å². The summed E-state index contributed by atoms with van der Waals surface area (Å²) < 4.78 is 26.2. The zero-order valence-electron chi connectivity index (χ0n) is 10.5. The molecule has 2 N–H and O–H groups in total. The number of alkyl halides is 1. The summed E-state index contributed by atoms with van der Waals surface area (Å²) in [5.74, 6) is 0.154. The zero-order valence-corrected chi connectivity index (χ0v) is 12.9. The van der Waals surface area contributed by atoms with E-state index in [4.69, 9.17) is 11.6 Å². The van der Waals surface area contributed by atoms with Gasteiger partial charge in [-0.3, -0.25) is 4.79 Å². The molecule has 0 aromatic carbocycles. The Morgan fingerprint density at radius 1 is 1.47 bits per heavy atom. The van der Waals surface area contributed by atoms with Crippen LogP contribution in [0.25, 0.3) is 0 Å². The van der Waals surface area contributed by atoms with Gasteiger partial charge in [0, 0.05) is 18.8 Å². The van der Waals surface area contributed by atoms with Crippen LogP contribution < -0.4 is 10.0 Å². The van der Waals surface area contributed by atoms with Gasteiger partial charge in [0.15, 0.2) is 0 Å². The SMILES string of the molecule is CC(=O)Nc1nnc(S(=O)(=O)NC(C)CCCCl)s1. The van der Waals surface area contributed by atoms with Crippen LogP contribution in [0.4, 0.5) is 5.13 Å². The van der Waals surface area contributed by atoms with E-state index in [2.05, 4.69) is 20.2 Å². The lowest BCUT2D eigenvalue weighted by molar-refractivity contribution is -0.114. The number of carbonyl (C=O) groups excluding carboxylic acids is 1. The van der Waals surface area contributed by atoms with Gasteiger partial charge in [-0.05, 0) is 19.8 Å². The number of nitrogens with one attached hydrogen (secondary N) is 2. The number of rotatable bonds is 7. The average Bonchev–Trinajstić information content (AvgIpc) is 2.74. The molecule has 10 heteroatoms. The molecule has 19 heavy (non-hydrogen) atoms. The molecule has 1 amide bonds. The van der Waals surface area contributed by atoms with Crippen LogP contribution in [0.2, 0.25) is 0 Å². The quantitative estimate of drug-likeness (QED) is 0.579. The Kier molecular flexibility index (Phi) is 6.11. The fourth-order valence-corrected chi connectivity index (χ4v) is 3.67. The third-order valence-corrected chi connectivity index (χ3v) is 5.11. The Bertz CT molecular complexity index is 531. The molecule has 7 nitrogen and oxygen atoms in total. The Labute approximate surface area is 120 Å². The molecular formula is C9H15ClN4O3S2. The fourth-order valence-electron chi connectivity index (χ4n) is 1.28. The van der Waals surface area contributed by atoms with Gasteiger partial charge >= 0.3 is 0 Å². The number of anilines is 1. The Balaban J connectivity index is 2.71. The summed E-state index contributed by atoms with van der Waals surface area (Å²) in [6, 6.07) is -0.239. The Hall–Kier alpha value is -0.770. The third kappa shape index (κ3) is 5.39. The van der Waals surface area contributed by atoms with E-state index in [1.54, 1.807) is 6.92 Å². The Morgan fingerprint density at radius 2 is 2.16 bits per heavy atom. The summed E-state index contributed by atoms with van der Waals surface area (Å²) in [5.41, 5.74) is 0. The summed E-state index contributed by atoms with van der Waals surface area (Å²) in [5, 5.41) is 9.68. The molecule has 0 saturated heterocycles. The highest BCUT2D eigenvalue weighted by Gasteiger charge is 2.22. The number of halogens is 1. The van der Waals surface area contributed by atoms with Gasteiger partial charge in [-0.15, -0.1) is 21.8 Å². The van der Waals surface area contributed by atoms with Crippen LogP contribution in [-0.2, 0) is 14.8 Å². The van der Waals surface area contributed by atoms with E-state index in [1.807, 2.05) is 0 Å². The van der Waals surface area contributed by atoms with Crippen molar-refractivity contribution in [2.45, 2.75) is 37.1 Å². The summed E-state index contributed by atoms with van der Waals surface area (Å²) in [6.45, 7) is 3.06. The molecule has 0 aliphatic carbocycles. The van der Waals surface area contributed by atoms with E-state index in [0.717, 1.165) is 17.8 Å². The number of carbonyl (C=O) groups is 1. The number of hydrogen-bond donors (Lipinski definition) is 2. The highest BCUT2D eigenvalue weighted by Crippen LogP contribution is 2.20. The maximum atomic E-state index is 12.0. The monoisotopic (exact) mass is 326 g/mol. The predicted octanol–water partition coefficient (Wildman–Crippen LogP) is 1.18. The van der Waals surface area contributed by atoms with Gasteiger partial charge in [-0.25, -0.2) is 13.1 Å². The minimum atomic E-state index is -3.70. The highest BCUT2D eigenvalue weighted by atomic mass is 35.5. The summed E-state index contributed by atoms with van der Waals surface area (Å²) in [6.07, 6.45) is 1.36. The van der Waals surface area contributed by atoms with Crippen molar-refractivity contribution in [3.63, 3.8) is 0 Å². The molecule has 1 aromatic heterocycles. The topological polar surface area (TPSA) is 101 Å². The maximum absolute atomic E-state index is 12.0. The minimum Gasteiger partial charge on any atom is -0.301 e. The van der Waals surface area contributed by atoms with Crippen molar-refractivity contribution < 1.29 is 13.2 Å². The van der Waals surface area contributed by atoms with Crippen LogP contribution in [0.1, 0.15) is 26.7 Å². The standard InChI is InChI=1S/C9H15ClN4O3S2/c1-6(4-3-5-10)14-19(16,17)9-13-12-8(18-9)11-7(2)15/h6,14H,3-5H2,1-2H3,(H,11,12,15). The second-order valence-electron chi connectivity index (χ2n) is 3.91. The van der Waals surface area contributed by atoms with Crippen LogP contribution in [0.15, 0.2) is 4.34 Å². The molecule has 1 atom stereocenters. The van der Waals surface area contributed by atoms with Crippen molar-refractivity contribution in [3.05, 3.63) is 0 Å². The lowest BCUT2D eigenvalue weighted by atomic mass is 10.2. The van der Waals surface area contributed by atoms with Crippen molar-refractivity contribution >= 4 is 44.0 Å². The molecular weight excluding hydrogens is 312 g/mol. The third-order valence-electron chi connectivity index (χ3n) is 2.05. The number of aromatic nitrogens is 2. The highest BCUT2D eigenvalue weighted by molar-refractivity contribution is 7.91. The summed E-state index contributed by atoms with van der Waals surface area (Å²) >= 11 is 6.35. The Morgan fingerprint density at radius 3 is 2.74 bits per heavy atom. The van der Waals surface area contributed by atoms with E-state index < -0.39 is 10.0 Å². The molecule has 1 unspecified atom stereocenters. The molecule has 0 fully saturated rings. The van der Waals surface area contributed by atoms with Crippen molar-refractivity contribution in [2.24, 2.45) is 0 Å². The van der Waals surface area contributed by atoms with Crippen LogP contribution >= 0.6 is 22.9 Å². The lowest BCUT2D eigenvalue weighted by Crippen LogP contribution is -2.32. The first-order chi connectivity index (χ1) is 8.85. The second-order valence-corrected chi connectivity index (χ2v) is 7.15. The molecule has 1 rings (SSSR count). The molecule has 0 aliphatic rings. The number of nitrogens with zero attached hydrogens (tertiary/aromatic N) is 2. The van der Waals surface area contributed by atoms with Gasteiger partial charge in [0.2, 0.25) is 15.4 Å². The zero-order chi connectivity index (χ0) is 14.5. The molecule has 108 valence electrons. The number of amides is 1. The number of sulfonamides is 1. The molecule has 0 aliphatic heterocycles. The van der Waals surface area contributed by atoms with Crippen LogP contribution in [-0.4, -0.2) is 36.4 Å². The molecule has 1 heterocycles. The van der Waals surface area contributed by atoms with Crippen LogP contribution in [0.3, 0.4) is 0 Å². The van der Waals surface area contributed by atoms with Gasteiger partial charge in [-0.2, -0.15) is 0 Å². The average molecular weight is 327 g/mol. The van der Waals surface area contributed by atoms with Crippen LogP contribution in [0.5, 0.6) is 0 Å². The van der Waals surface area contributed by atoms with Gasteiger partial charge in [0.05, 0.1) is 0 Å². The van der Waals surface area contributed by atoms with E-state index in [1.165, 1.54) is 6.92 Å². The second kappa shape index (κ2) is 7.13. The smallest absolute Gasteiger partial charge is 0.270 e. The first kappa shape index (κ1) is 16.3. The molecule has 1 aromatic rings. The summed E-state index contributed by atoms with van der Waals surface area (Å²) in [7, 11) is -3.70. The fraction of sp³-hybridized carbons (Fsp3) is 0.667. The number of hydrogen-bond acceptors (Lipinski definition) is 6. The molecule has 0 spiro atoms. The van der Waals surface area contributed by atoms with E-state index in [9.17, 15) is 13.2 Å². The molecule has 0 saturated carbocycles. The van der Waals surface area contributed by atoms with Crippen molar-refractivity contribution in [3.8, 4) is 0 Å². The lowest BCUT2D eigenvalue weighted by Gasteiger charge is -2.11. The normalized spacial score (nSPS) is 13.2.